The molecule has 0 aliphatic rings. The molecule has 0 bridgehead atoms. The maximum atomic E-state index is 13.5. The maximum Gasteiger partial charge on any atom is 0.267 e. The van der Waals surface area contributed by atoms with Crippen molar-refractivity contribution in [2.45, 2.75) is 44.5 Å². The highest BCUT2D eigenvalue weighted by molar-refractivity contribution is 7.98. The number of para-hydroxylation sites is 1. The van der Waals surface area contributed by atoms with Gasteiger partial charge in [0.05, 0.1) is 27.3 Å². The lowest BCUT2D eigenvalue weighted by molar-refractivity contribution is 0.846. The third-order valence-corrected chi connectivity index (χ3v) is 7.78. The Morgan fingerprint density at radius 1 is 1.06 bits per heavy atom. The van der Waals surface area contributed by atoms with Crippen LogP contribution in [-0.2, 0) is 5.75 Å². The van der Waals surface area contributed by atoms with Crippen molar-refractivity contribution in [1.82, 2.24) is 24.1 Å². The molecule has 0 unspecified atom stereocenters. The van der Waals surface area contributed by atoms with Crippen LogP contribution in [0.25, 0.3) is 22.4 Å². The number of fused-ring (bicyclic) bond motifs is 3. The van der Waals surface area contributed by atoms with Crippen LogP contribution in [0, 0.1) is 13.8 Å². The number of thiazole rings is 1. The van der Waals surface area contributed by atoms with Gasteiger partial charge in [-0.15, -0.1) is 21.5 Å². The molecule has 0 saturated carbocycles. The van der Waals surface area contributed by atoms with Gasteiger partial charge in [0, 0.05) is 17.1 Å². The summed E-state index contributed by atoms with van der Waals surface area (Å²) in [6, 6.07) is 13.6. The fraction of sp³-hybridized carbons (Fsp3) is 0.250. The Labute approximate surface area is 194 Å². The number of aryl methyl sites for hydroxylation is 1. The van der Waals surface area contributed by atoms with Crippen molar-refractivity contribution < 1.29 is 0 Å². The summed E-state index contributed by atoms with van der Waals surface area (Å²) in [6.45, 7) is 8.39. The van der Waals surface area contributed by atoms with E-state index in [1.54, 1.807) is 27.7 Å². The fourth-order valence-electron chi connectivity index (χ4n) is 3.76. The predicted molar refractivity (Wildman–Crippen MR) is 131 cm³/mol. The van der Waals surface area contributed by atoms with Crippen LogP contribution in [0.3, 0.4) is 0 Å². The van der Waals surface area contributed by atoms with Crippen molar-refractivity contribution in [3.63, 3.8) is 0 Å². The van der Waals surface area contributed by atoms with E-state index in [9.17, 15) is 4.79 Å². The smallest absolute Gasteiger partial charge is 0.267 e. The molecule has 0 fully saturated rings. The zero-order valence-corrected chi connectivity index (χ0v) is 20.0. The van der Waals surface area contributed by atoms with Crippen LogP contribution in [-0.4, -0.2) is 24.1 Å². The summed E-state index contributed by atoms with van der Waals surface area (Å²) in [6.07, 6.45) is 0. The zero-order valence-electron chi connectivity index (χ0n) is 18.4. The summed E-state index contributed by atoms with van der Waals surface area (Å²) in [5.74, 6) is 1.63. The Morgan fingerprint density at radius 3 is 2.66 bits per heavy atom. The van der Waals surface area contributed by atoms with E-state index >= 15 is 0 Å². The molecule has 8 heteroatoms. The van der Waals surface area contributed by atoms with E-state index in [2.05, 4.69) is 29.4 Å². The molecule has 3 heterocycles. The van der Waals surface area contributed by atoms with Crippen molar-refractivity contribution in [1.29, 1.82) is 0 Å². The predicted octanol–water partition coefficient (Wildman–Crippen LogP) is 5.52. The average Bonchev–Trinajstić information content (AvgIpc) is 3.43. The minimum atomic E-state index is -0.0909. The number of thioether (sulfide) groups is 1. The van der Waals surface area contributed by atoms with Gasteiger partial charge >= 0.3 is 0 Å². The lowest BCUT2D eigenvalue weighted by Gasteiger charge is -2.14. The Bertz CT molecular complexity index is 1510. The van der Waals surface area contributed by atoms with E-state index in [0.29, 0.717) is 22.8 Å². The lowest BCUT2D eigenvalue weighted by Crippen LogP contribution is -2.22. The van der Waals surface area contributed by atoms with Crippen LogP contribution in [0.1, 0.15) is 41.6 Å². The molecule has 5 rings (SSSR count). The van der Waals surface area contributed by atoms with E-state index in [1.807, 2.05) is 60.7 Å². The molecule has 0 atom stereocenters. The number of rotatable bonds is 5. The van der Waals surface area contributed by atoms with E-state index in [-0.39, 0.29) is 5.56 Å². The third-order valence-electron chi connectivity index (χ3n) is 5.62. The van der Waals surface area contributed by atoms with Crippen molar-refractivity contribution in [2.75, 3.05) is 0 Å². The van der Waals surface area contributed by atoms with Crippen LogP contribution in [0.5, 0.6) is 0 Å². The highest BCUT2D eigenvalue weighted by Gasteiger charge is 2.19. The molecule has 0 amide bonds. The highest BCUT2D eigenvalue weighted by atomic mass is 32.2. The second-order valence-corrected chi connectivity index (χ2v) is 9.95. The van der Waals surface area contributed by atoms with E-state index in [1.165, 1.54) is 0 Å². The molecule has 0 aliphatic heterocycles. The monoisotopic (exact) mass is 461 g/mol. The Morgan fingerprint density at radius 2 is 1.88 bits per heavy atom. The number of hydrogen-bond donors (Lipinski definition) is 0. The van der Waals surface area contributed by atoms with Gasteiger partial charge in [-0.25, -0.2) is 9.55 Å². The van der Waals surface area contributed by atoms with Gasteiger partial charge < -0.3 is 0 Å². The number of aromatic nitrogens is 5. The van der Waals surface area contributed by atoms with Gasteiger partial charge in [-0.3, -0.25) is 9.20 Å². The van der Waals surface area contributed by atoms with Gasteiger partial charge in [0.25, 0.3) is 5.56 Å². The van der Waals surface area contributed by atoms with Gasteiger partial charge in [-0.1, -0.05) is 49.9 Å². The first-order chi connectivity index (χ1) is 15.5. The largest absolute Gasteiger partial charge is 0.268 e. The molecule has 0 N–H and O–H groups in total. The quantitative estimate of drug-likeness (QED) is 0.322. The van der Waals surface area contributed by atoms with Crippen LogP contribution in [0.2, 0.25) is 0 Å². The molecule has 0 spiro atoms. The topological polar surface area (TPSA) is 65.1 Å². The van der Waals surface area contributed by atoms with Crippen LogP contribution < -0.4 is 5.56 Å². The van der Waals surface area contributed by atoms with Crippen molar-refractivity contribution >= 4 is 39.8 Å². The second kappa shape index (κ2) is 8.18. The zero-order chi connectivity index (χ0) is 22.4. The van der Waals surface area contributed by atoms with Crippen molar-refractivity contribution in [3.8, 4) is 5.69 Å². The Balaban J connectivity index is 1.69. The standard InChI is InChI=1S/C24H23N5OS2/c1-14(2)21-25-17(12-31-21)13-32-24-27-26-23-28(19-11-7-8-15(3)16(19)4)22(30)18-9-5-6-10-20(18)29(23)24/h5-12,14H,13H2,1-4H3. The minimum Gasteiger partial charge on any atom is -0.268 e. The molecule has 32 heavy (non-hydrogen) atoms. The Kier molecular flexibility index (Phi) is 5.35. The maximum absolute atomic E-state index is 13.5. The molecule has 5 aromatic rings. The number of benzene rings is 2. The van der Waals surface area contributed by atoms with E-state index in [4.69, 9.17) is 4.98 Å². The molecule has 0 radical (unpaired) electrons. The summed E-state index contributed by atoms with van der Waals surface area (Å²) >= 11 is 3.28. The number of nitrogens with zero attached hydrogens (tertiary/aromatic N) is 5. The van der Waals surface area contributed by atoms with Crippen LogP contribution in [0.15, 0.2) is 57.8 Å². The van der Waals surface area contributed by atoms with Gasteiger partial charge in [0.1, 0.15) is 0 Å². The lowest BCUT2D eigenvalue weighted by atomic mass is 10.1. The summed E-state index contributed by atoms with van der Waals surface area (Å²) in [5.41, 5.74) is 4.75. The molecule has 2 aromatic carbocycles. The normalized spacial score (nSPS) is 11.8. The van der Waals surface area contributed by atoms with Gasteiger partial charge in [0.15, 0.2) is 5.16 Å². The summed E-state index contributed by atoms with van der Waals surface area (Å²) in [4.78, 5) is 18.3. The first-order valence-electron chi connectivity index (χ1n) is 10.5. The fourth-order valence-corrected chi connectivity index (χ4v) is 5.53. The molecule has 6 nitrogen and oxygen atoms in total. The van der Waals surface area contributed by atoms with E-state index < -0.39 is 0 Å². The van der Waals surface area contributed by atoms with Gasteiger partial charge in [-0.05, 0) is 43.2 Å². The third kappa shape index (κ3) is 3.43. The summed E-state index contributed by atoms with van der Waals surface area (Å²) in [7, 11) is 0. The summed E-state index contributed by atoms with van der Waals surface area (Å²) < 4.78 is 3.67. The van der Waals surface area contributed by atoms with Gasteiger partial charge in [0.2, 0.25) is 5.78 Å². The molecule has 0 aliphatic carbocycles. The highest BCUT2D eigenvalue weighted by Crippen LogP contribution is 2.28. The van der Waals surface area contributed by atoms with Crippen molar-refractivity contribution in [2.24, 2.45) is 0 Å². The minimum absolute atomic E-state index is 0.0909. The number of hydrogen-bond acceptors (Lipinski definition) is 6. The molecule has 0 saturated heterocycles. The molecular weight excluding hydrogens is 438 g/mol. The molecule has 162 valence electrons. The van der Waals surface area contributed by atoms with Crippen molar-refractivity contribution in [3.05, 3.63) is 80.0 Å². The molecular formula is C24H23N5OS2. The average molecular weight is 462 g/mol. The summed E-state index contributed by atoms with van der Waals surface area (Å²) in [5, 5.41) is 13.6. The van der Waals surface area contributed by atoms with Crippen LogP contribution >= 0.6 is 23.1 Å². The van der Waals surface area contributed by atoms with Gasteiger partial charge in [-0.2, -0.15) is 0 Å². The van der Waals surface area contributed by atoms with Crippen LogP contribution in [0.4, 0.5) is 0 Å². The second-order valence-electron chi connectivity index (χ2n) is 8.12. The molecule has 3 aromatic heterocycles. The SMILES string of the molecule is Cc1cccc(-n2c(=O)c3ccccc3n3c(SCc4csc(C(C)C)n4)nnc23)c1C. The first kappa shape index (κ1) is 20.9. The van der Waals surface area contributed by atoms with E-state index in [0.717, 1.165) is 38.2 Å². The first-order valence-corrected chi connectivity index (χ1v) is 12.3. The Hall–Kier alpha value is -2.97.